The van der Waals surface area contributed by atoms with E-state index in [0.717, 1.165) is 25.0 Å². The van der Waals surface area contributed by atoms with E-state index in [0.29, 0.717) is 38.3 Å². The first-order chi connectivity index (χ1) is 14.9. The Morgan fingerprint density at radius 1 is 1.29 bits per heavy atom. The molecule has 0 amide bonds. The van der Waals surface area contributed by atoms with E-state index < -0.39 is 0 Å². The van der Waals surface area contributed by atoms with Gasteiger partial charge in [-0.2, -0.15) is 0 Å². The minimum atomic E-state index is -0.234. The third-order valence-corrected chi connectivity index (χ3v) is 8.74. The van der Waals surface area contributed by atoms with Gasteiger partial charge in [0.25, 0.3) is 5.56 Å². The van der Waals surface area contributed by atoms with E-state index in [1.54, 1.807) is 18.5 Å². The van der Waals surface area contributed by atoms with Gasteiger partial charge in [-0.1, -0.05) is 35.0 Å². The third kappa shape index (κ3) is 3.70. The zero-order valence-corrected chi connectivity index (χ0v) is 19.4. The van der Waals surface area contributed by atoms with Crippen LogP contribution in [0.25, 0.3) is 0 Å². The number of thiazole rings is 1. The summed E-state index contributed by atoms with van der Waals surface area (Å²) in [7, 11) is 0. The topological polar surface area (TPSA) is 127 Å². The summed E-state index contributed by atoms with van der Waals surface area (Å²) in [5.41, 5.74) is 13.0. The molecule has 2 aliphatic rings. The fraction of sp³-hybridized carbons (Fsp3) is 0.368. The minimum absolute atomic E-state index is 0.0180. The van der Waals surface area contributed by atoms with Gasteiger partial charge in [0.05, 0.1) is 28.0 Å². The number of rotatable bonds is 3. The molecular formula is C19H19Cl2N7OS2. The van der Waals surface area contributed by atoms with Crippen molar-refractivity contribution in [3.05, 3.63) is 48.9 Å². The SMILES string of the molecule is Nc1nccc(Sc2cnc(N3CCC4(CC3)Cc3sc(Cl)nc3C4N)c(=O)[nH]2)c1Cl. The van der Waals surface area contributed by atoms with Crippen molar-refractivity contribution in [2.24, 2.45) is 11.1 Å². The number of nitrogens with two attached hydrogens (primary N) is 2. The van der Waals surface area contributed by atoms with E-state index in [9.17, 15) is 4.79 Å². The molecule has 12 heteroatoms. The Hall–Kier alpha value is -1.85. The number of nitrogens with zero attached hydrogens (tertiary/aromatic N) is 4. The number of fused-ring (bicyclic) bond motifs is 1. The Labute approximate surface area is 196 Å². The number of piperidine rings is 1. The molecule has 162 valence electrons. The molecule has 3 aromatic heterocycles. The molecule has 0 saturated carbocycles. The van der Waals surface area contributed by atoms with Crippen LogP contribution in [0.15, 0.2) is 33.2 Å². The second-order valence-corrected chi connectivity index (χ2v) is 10.9. The minimum Gasteiger partial charge on any atom is -0.382 e. The maximum Gasteiger partial charge on any atom is 0.291 e. The van der Waals surface area contributed by atoms with E-state index >= 15 is 0 Å². The largest absolute Gasteiger partial charge is 0.382 e. The van der Waals surface area contributed by atoms with E-state index in [-0.39, 0.29) is 22.8 Å². The molecule has 1 spiro atoms. The van der Waals surface area contributed by atoms with Gasteiger partial charge in [-0.3, -0.25) is 4.79 Å². The fourth-order valence-electron chi connectivity index (χ4n) is 4.37. The molecule has 4 heterocycles. The Morgan fingerprint density at radius 2 is 2.06 bits per heavy atom. The lowest BCUT2D eigenvalue weighted by atomic mass is 9.73. The van der Waals surface area contributed by atoms with Gasteiger partial charge in [-0.15, -0.1) is 11.3 Å². The van der Waals surface area contributed by atoms with Crippen molar-refractivity contribution in [3.8, 4) is 0 Å². The fourth-order valence-corrected chi connectivity index (χ4v) is 6.76. The van der Waals surface area contributed by atoms with E-state index in [1.165, 1.54) is 28.0 Å². The van der Waals surface area contributed by atoms with Gasteiger partial charge in [0, 0.05) is 29.1 Å². The van der Waals surface area contributed by atoms with Crippen LogP contribution in [0.5, 0.6) is 0 Å². The molecule has 0 aromatic carbocycles. The zero-order chi connectivity index (χ0) is 21.8. The number of halogens is 2. The van der Waals surface area contributed by atoms with Crippen molar-refractivity contribution in [2.45, 2.75) is 35.2 Å². The lowest BCUT2D eigenvalue weighted by Crippen LogP contribution is -2.46. The van der Waals surface area contributed by atoms with Gasteiger partial charge < -0.3 is 21.4 Å². The highest BCUT2D eigenvalue weighted by Gasteiger charge is 2.48. The van der Waals surface area contributed by atoms with Crippen LogP contribution in [-0.4, -0.2) is 33.0 Å². The normalized spacial score (nSPS) is 19.7. The summed E-state index contributed by atoms with van der Waals surface area (Å²) in [6.07, 6.45) is 5.86. The number of nitrogen functional groups attached to an aromatic ring is 1. The standard InChI is InChI=1S/C19H19Cl2N7OS2/c20-12-9(1-4-24-15(12)23)30-11-8-25-16(17(29)26-11)28-5-2-19(3-6-28)7-10-13(14(19)22)27-18(21)31-10/h1,4,8,14H,2-3,5-7,22H2,(H2,23,24)(H,26,29). The molecule has 1 aliphatic heterocycles. The second-order valence-electron chi connectivity index (χ2n) is 7.79. The van der Waals surface area contributed by atoms with Crippen LogP contribution >= 0.6 is 46.3 Å². The molecule has 8 nitrogen and oxygen atoms in total. The van der Waals surface area contributed by atoms with Crippen molar-refractivity contribution in [2.75, 3.05) is 23.7 Å². The highest BCUT2D eigenvalue weighted by Crippen LogP contribution is 2.52. The highest BCUT2D eigenvalue weighted by atomic mass is 35.5. The Kier molecular flexibility index (Phi) is 5.38. The van der Waals surface area contributed by atoms with Crippen molar-refractivity contribution in [1.29, 1.82) is 0 Å². The number of pyridine rings is 1. The Morgan fingerprint density at radius 3 is 2.77 bits per heavy atom. The first-order valence-corrected chi connectivity index (χ1v) is 12.1. The summed E-state index contributed by atoms with van der Waals surface area (Å²) < 4.78 is 0.553. The summed E-state index contributed by atoms with van der Waals surface area (Å²) in [4.78, 5) is 32.4. The molecule has 1 aliphatic carbocycles. The molecule has 1 saturated heterocycles. The summed E-state index contributed by atoms with van der Waals surface area (Å²) in [6, 6.07) is 1.63. The average Bonchev–Trinajstić information content (AvgIpc) is 3.21. The molecule has 5 N–H and O–H groups in total. The first kappa shape index (κ1) is 21.0. The van der Waals surface area contributed by atoms with Crippen molar-refractivity contribution in [3.63, 3.8) is 0 Å². The van der Waals surface area contributed by atoms with Crippen LogP contribution in [0, 0.1) is 5.41 Å². The Balaban J connectivity index is 1.29. The molecule has 1 atom stereocenters. The number of aromatic amines is 1. The predicted octanol–water partition coefficient (Wildman–Crippen LogP) is 3.50. The molecule has 0 bridgehead atoms. The van der Waals surface area contributed by atoms with Crippen LogP contribution in [0.4, 0.5) is 11.6 Å². The molecular weight excluding hydrogens is 477 g/mol. The van der Waals surface area contributed by atoms with Crippen molar-refractivity contribution < 1.29 is 0 Å². The summed E-state index contributed by atoms with van der Waals surface area (Å²) in [5, 5.41) is 0.941. The molecule has 5 rings (SSSR count). The molecule has 31 heavy (non-hydrogen) atoms. The maximum absolute atomic E-state index is 12.7. The first-order valence-electron chi connectivity index (χ1n) is 9.69. The molecule has 0 radical (unpaired) electrons. The van der Waals surface area contributed by atoms with Crippen LogP contribution < -0.4 is 21.9 Å². The number of hydrogen-bond donors (Lipinski definition) is 3. The lowest BCUT2D eigenvalue weighted by Gasteiger charge is -2.42. The smallest absolute Gasteiger partial charge is 0.291 e. The van der Waals surface area contributed by atoms with E-state index in [2.05, 4.69) is 19.9 Å². The van der Waals surface area contributed by atoms with Gasteiger partial charge in [-0.25, -0.2) is 15.0 Å². The zero-order valence-electron chi connectivity index (χ0n) is 16.3. The van der Waals surface area contributed by atoms with Crippen LogP contribution in [0.3, 0.4) is 0 Å². The molecule has 1 unspecified atom stereocenters. The van der Waals surface area contributed by atoms with Crippen molar-refractivity contribution >= 4 is 57.9 Å². The van der Waals surface area contributed by atoms with Crippen LogP contribution in [-0.2, 0) is 6.42 Å². The molecule has 3 aromatic rings. The average molecular weight is 496 g/mol. The highest BCUT2D eigenvalue weighted by molar-refractivity contribution is 7.99. The third-order valence-electron chi connectivity index (χ3n) is 6.07. The number of aromatic nitrogens is 4. The maximum atomic E-state index is 12.7. The second kappa shape index (κ2) is 7.93. The van der Waals surface area contributed by atoms with Crippen LogP contribution in [0.2, 0.25) is 9.49 Å². The monoisotopic (exact) mass is 495 g/mol. The number of H-pyrrole nitrogens is 1. The summed E-state index contributed by atoms with van der Waals surface area (Å²) >= 11 is 15.0. The van der Waals surface area contributed by atoms with Gasteiger partial charge in [-0.05, 0) is 30.7 Å². The number of nitrogens with one attached hydrogen (secondary N) is 1. The summed E-state index contributed by atoms with van der Waals surface area (Å²) in [6.45, 7) is 1.43. The summed E-state index contributed by atoms with van der Waals surface area (Å²) in [5.74, 6) is 0.667. The number of hydrogen-bond acceptors (Lipinski definition) is 9. The van der Waals surface area contributed by atoms with Gasteiger partial charge in [0.1, 0.15) is 5.82 Å². The molecule has 1 fully saturated rings. The van der Waals surface area contributed by atoms with E-state index in [1.807, 2.05) is 4.90 Å². The number of anilines is 2. The quantitative estimate of drug-likeness (QED) is 0.503. The lowest BCUT2D eigenvalue weighted by molar-refractivity contribution is 0.186. The van der Waals surface area contributed by atoms with Gasteiger partial charge >= 0.3 is 0 Å². The Bertz CT molecular complexity index is 1210. The van der Waals surface area contributed by atoms with Crippen LogP contribution in [0.1, 0.15) is 29.5 Å². The van der Waals surface area contributed by atoms with Crippen molar-refractivity contribution in [1.82, 2.24) is 19.9 Å². The van der Waals surface area contributed by atoms with Gasteiger partial charge in [0.15, 0.2) is 10.3 Å². The van der Waals surface area contributed by atoms with Gasteiger partial charge in [0.2, 0.25) is 0 Å². The van der Waals surface area contributed by atoms with E-state index in [4.69, 9.17) is 34.7 Å². The predicted molar refractivity (Wildman–Crippen MR) is 124 cm³/mol.